The number of ether oxygens (including phenoxy) is 1. The summed E-state index contributed by atoms with van der Waals surface area (Å²) in [5.74, 6) is -4.39. The van der Waals surface area contributed by atoms with E-state index < -0.39 is 53.6 Å². The molecule has 0 aromatic heterocycles. The lowest BCUT2D eigenvalue weighted by atomic mass is 9.96. The molecule has 150 valence electrons. The first-order chi connectivity index (χ1) is 13.1. The number of urea groups is 1. The highest BCUT2D eigenvalue weighted by molar-refractivity contribution is 6.09. The van der Waals surface area contributed by atoms with Gasteiger partial charge in [-0.25, -0.2) is 13.6 Å². The molecule has 1 aromatic rings. The third kappa shape index (κ3) is 3.80. The number of benzene rings is 1. The van der Waals surface area contributed by atoms with Crippen molar-refractivity contribution in [3.05, 3.63) is 29.8 Å². The van der Waals surface area contributed by atoms with Crippen LogP contribution in [0.4, 0.5) is 19.3 Å². The van der Waals surface area contributed by atoms with Gasteiger partial charge in [0.15, 0.2) is 17.7 Å². The molecule has 0 bridgehead atoms. The van der Waals surface area contributed by atoms with Crippen LogP contribution in [0.2, 0.25) is 0 Å². The Bertz CT molecular complexity index is 858. The van der Waals surface area contributed by atoms with E-state index >= 15 is 0 Å². The van der Waals surface area contributed by atoms with Crippen molar-refractivity contribution in [2.75, 3.05) is 11.9 Å². The van der Waals surface area contributed by atoms with Crippen molar-refractivity contribution in [3.63, 3.8) is 0 Å². The molecule has 1 heterocycles. The SMILES string of the molecule is C[C@H](OC(=O)CN1C(=O)N[C@](C)(C2CC2)C1=O)C(=O)Nc1ccc(F)c(F)c1. The van der Waals surface area contributed by atoms with Gasteiger partial charge >= 0.3 is 12.0 Å². The molecule has 0 spiro atoms. The standard InChI is InChI=1S/C18H19F2N3O5/c1-9(15(25)21-11-5-6-12(19)13(20)7-11)28-14(24)8-23-16(26)18(2,10-3-4-10)22-17(23)27/h5-7,9-10H,3-4,8H2,1-2H3,(H,21,25)(H,22,27)/t9-,18+/m0/s1. The Balaban J connectivity index is 1.55. The number of esters is 1. The summed E-state index contributed by atoms with van der Waals surface area (Å²) >= 11 is 0. The molecule has 1 aliphatic carbocycles. The van der Waals surface area contributed by atoms with Gasteiger partial charge in [-0.3, -0.25) is 19.3 Å². The molecule has 2 aliphatic rings. The lowest BCUT2D eigenvalue weighted by Crippen LogP contribution is -2.46. The van der Waals surface area contributed by atoms with Gasteiger partial charge in [-0.1, -0.05) is 0 Å². The summed E-state index contributed by atoms with van der Waals surface area (Å²) in [4.78, 5) is 49.4. The normalized spacial score (nSPS) is 22.6. The number of hydrogen-bond acceptors (Lipinski definition) is 5. The lowest BCUT2D eigenvalue weighted by molar-refractivity contribution is -0.155. The first-order valence-corrected chi connectivity index (χ1v) is 8.71. The van der Waals surface area contributed by atoms with E-state index in [0.29, 0.717) is 0 Å². The quantitative estimate of drug-likeness (QED) is 0.562. The van der Waals surface area contributed by atoms with Crippen LogP contribution < -0.4 is 10.6 Å². The highest BCUT2D eigenvalue weighted by Crippen LogP contribution is 2.42. The average Bonchev–Trinajstić information content (AvgIpc) is 3.44. The van der Waals surface area contributed by atoms with Gasteiger partial charge in [-0.15, -0.1) is 0 Å². The van der Waals surface area contributed by atoms with E-state index in [9.17, 15) is 28.0 Å². The fourth-order valence-electron chi connectivity index (χ4n) is 3.03. The van der Waals surface area contributed by atoms with E-state index in [0.717, 1.165) is 35.9 Å². The summed E-state index contributed by atoms with van der Waals surface area (Å²) in [6, 6.07) is 2.09. The zero-order valence-electron chi connectivity index (χ0n) is 15.3. The number of nitrogens with zero attached hydrogens (tertiary/aromatic N) is 1. The number of nitrogens with one attached hydrogen (secondary N) is 2. The number of anilines is 1. The fourth-order valence-corrected chi connectivity index (χ4v) is 3.03. The summed E-state index contributed by atoms with van der Waals surface area (Å²) in [6.07, 6.45) is 0.362. The molecule has 2 fully saturated rings. The molecule has 2 N–H and O–H groups in total. The Morgan fingerprint density at radius 1 is 1.32 bits per heavy atom. The van der Waals surface area contributed by atoms with Gasteiger partial charge in [-0.2, -0.15) is 0 Å². The maximum Gasteiger partial charge on any atom is 0.327 e. The molecule has 0 unspecified atom stereocenters. The van der Waals surface area contributed by atoms with Gasteiger partial charge in [0.05, 0.1) is 0 Å². The van der Waals surface area contributed by atoms with Gasteiger partial charge in [0.1, 0.15) is 12.1 Å². The second-order valence-electron chi connectivity index (χ2n) is 7.05. The van der Waals surface area contributed by atoms with Crippen LogP contribution >= 0.6 is 0 Å². The predicted octanol–water partition coefficient (Wildman–Crippen LogP) is 1.56. The van der Waals surface area contributed by atoms with Crippen molar-refractivity contribution >= 4 is 29.5 Å². The molecular weight excluding hydrogens is 376 g/mol. The van der Waals surface area contributed by atoms with Crippen molar-refractivity contribution in [2.45, 2.75) is 38.3 Å². The molecule has 4 amide bonds. The number of amides is 4. The van der Waals surface area contributed by atoms with Gasteiger partial charge in [-0.05, 0) is 44.7 Å². The molecular formula is C18H19F2N3O5. The number of carbonyl (C=O) groups is 4. The molecule has 1 aromatic carbocycles. The van der Waals surface area contributed by atoms with E-state index in [1.54, 1.807) is 6.92 Å². The van der Waals surface area contributed by atoms with E-state index in [1.165, 1.54) is 6.92 Å². The van der Waals surface area contributed by atoms with Gasteiger partial charge in [0.25, 0.3) is 11.8 Å². The van der Waals surface area contributed by atoms with E-state index in [4.69, 9.17) is 4.74 Å². The third-order valence-corrected chi connectivity index (χ3v) is 4.85. The predicted molar refractivity (Wildman–Crippen MR) is 91.9 cm³/mol. The van der Waals surface area contributed by atoms with E-state index in [2.05, 4.69) is 10.6 Å². The minimum absolute atomic E-state index is 0.0129. The van der Waals surface area contributed by atoms with Crippen molar-refractivity contribution < 1.29 is 32.7 Å². The summed E-state index contributed by atoms with van der Waals surface area (Å²) in [5, 5.41) is 4.88. The summed E-state index contributed by atoms with van der Waals surface area (Å²) in [6.45, 7) is 2.26. The van der Waals surface area contributed by atoms with Crippen LogP contribution in [0.1, 0.15) is 26.7 Å². The van der Waals surface area contributed by atoms with Crippen LogP contribution in [0, 0.1) is 17.6 Å². The van der Waals surface area contributed by atoms with Crippen molar-refractivity contribution in [2.24, 2.45) is 5.92 Å². The molecule has 1 aliphatic heterocycles. The molecule has 0 radical (unpaired) electrons. The molecule has 10 heteroatoms. The van der Waals surface area contributed by atoms with Crippen LogP contribution in [0.15, 0.2) is 18.2 Å². The van der Waals surface area contributed by atoms with Gasteiger partial charge in [0, 0.05) is 11.8 Å². The third-order valence-electron chi connectivity index (χ3n) is 4.85. The molecule has 2 atom stereocenters. The minimum Gasteiger partial charge on any atom is -0.451 e. The second-order valence-corrected chi connectivity index (χ2v) is 7.05. The zero-order valence-corrected chi connectivity index (χ0v) is 15.3. The van der Waals surface area contributed by atoms with Gasteiger partial charge in [0.2, 0.25) is 0 Å². The molecule has 1 saturated carbocycles. The Morgan fingerprint density at radius 2 is 2.00 bits per heavy atom. The van der Waals surface area contributed by atoms with E-state index in [-0.39, 0.29) is 11.6 Å². The maximum atomic E-state index is 13.2. The topological polar surface area (TPSA) is 105 Å². The number of hydrogen-bond donors (Lipinski definition) is 2. The fraction of sp³-hybridized carbons (Fsp3) is 0.444. The highest BCUT2D eigenvalue weighted by Gasteiger charge is 2.56. The lowest BCUT2D eigenvalue weighted by Gasteiger charge is -2.21. The largest absolute Gasteiger partial charge is 0.451 e. The van der Waals surface area contributed by atoms with Crippen LogP contribution in [-0.2, 0) is 19.1 Å². The van der Waals surface area contributed by atoms with Crippen molar-refractivity contribution in [1.82, 2.24) is 10.2 Å². The number of halogens is 2. The first-order valence-electron chi connectivity index (χ1n) is 8.71. The Kier molecular flexibility index (Phi) is 5.05. The Labute approximate surface area is 159 Å². The van der Waals surface area contributed by atoms with Gasteiger partial charge < -0.3 is 15.4 Å². The summed E-state index contributed by atoms with van der Waals surface area (Å²) < 4.78 is 31.0. The minimum atomic E-state index is -1.28. The molecule has 8 nitrogen and oxygen atoms in total. The van der Waals surface area contributed by atoms with Crippen LogP contribution in [0.25, 0.3) is 0 Å². The molecule has 1 saturated heterocycles. The zero-order chi connectivity index (χ0) is 20.6. The van der Waals surface area contributed by atoms with E-state index in [1.807, 2.05) is 0 Å². The van der Waals surface area contributed by atoms with Crippen LogP contribution in [0.5, 0.6) is 0 Å². The summed E-state index contributed by atoms with van der Waals surface area (Å²) in [7, 11) is 0. The average molecular weight is 395 g/mol. The highest BCUT2D eigenvalue weighted by atomic mass is 19.2. The van der Waals surface area contributed by atoms with Crippen molar-refractivity contribution in [3.8, 4) is 0 Å². The summed E-state index contributed by atoms with van der Waals surface area (Å²) in [5.41, 5.74) is -1.03. The Hall–Kier alpha value is -3.04. The monoisotopic (exact) mass is 395 g/mol. The smallest absolute Gasteiger partial charge is 0.327 e. The van der Waals surface area contributed by atoms with Crippen LogP contribution in [0.3, 0.4) is 0 Å². The number of carbonyl (C=O) groups excluding carboxylic acids is 4. The molecule has 28 heavy (non-hydrogen) atoms. The number of rotatable bonds is 6. The maximum absolute atomic E-state index is 13.2. The second kappa shape index (κ2) is 7.17. The Morgan fingerprint density at radius 3 is 2.61 bits per heavy atom. The first kappa shape index (κ1) is 19.7. The molecule has 3 rings (SSSR count). The van der Waals surface area contributed by atoms with Crippen LogP contribution in [-0.4, -0.2) is 46.9 Å². The van der Waals surface area contributed by atoms with Crippen molar-refractivity contribution in [1.29, 1.82) is 0 Å². The number of imide groups is 1.